The van der Waals surface area contributed by atoms with Crippen LogP contribution < -0.4 is 4.74 Å². The summed E-state index contributed by atoms with van der Waals surface area (Å²) in [5.74, 6) is -0.136. The highest BCUT2D eigenvalue weighted by Crippen LogP contribution is 2.33. The zero-order valence-corrected chi connectivity index (χ0v) is 11.8. The molecule has 0 saturated carbocycles. The fraction of sp³-hybridized carbons (Fsp3) is 0.467. The summed E-state index contributed by atoms with van der Waals surface area (Å²) in [6, 6.07) is 4.80. The summed E-state index contributed by atoms with van der Waals surface area (Å²) < 4.78 is 5.47. The van der Waals surface area contributed by atoms with E-state index < -0.39 is 0 Å². The van der Waals surface area contributed by atoms with Gasteiger partial charge < -0.3 is 4.74 Å². The van der Waals surface area contributed by atoms with Crippen molar-refractivity contribution in [1.29, 1.82) is 0 Å². The van der Waals surface area contributed by atoms with Crippen LogP contribution in [0.3, 0.4) is 0 Å². The average molecular weight is 291 g/mol. The molecule has 1 fully saturated rings. The summed E-state index contributed by atoms with van der Waals surface area (Å²) in [4.78, 5) is 36.4. The highest BCUT2D eigenvalue weighted by molar-refractivity contribution is 6.22. The molecule has 1 aromatic rings. The van der Waals surface area contributed by atoms with E-state index in [0.717, 1.165) is 6.42 Å². The second-order valence-corrected chi connectivity index (χ2v) is 4.99. The first-order valence-electron chi connectivity index (χ1n) is 7.12. The zero-order valence-electron chi connectivity index (χ0n) is 11.8. The number of ether oxygens (including phenoxy) is 1. The van der Waals surface area contributed by atoms with Crippen LogP contribution in [0.25, 0.3) is 0 Å². The van der Waals surface area contributed by atoms with Crippen LogP contribution in [0, 0.1) is 0 Å². The second kappa shape index (κ2) is 5.83. The molecule has 2 amide bonds. The van der Waals surface area contributed by atoms with Gasteiger partial charge in [0.05, 0.1) is 30.4 Å². The van der Waals surface area contributed by atoms with Crippen molar-refractivity contribution in [1.82, 2.24) is 4.90 Å². The molecule has 2 heterocycles. The first-order chi connectivity index (χ1) is 10.2. The highest BCUT2D eigenvalue weighted by Gasteiger charge is 2.42. The van der Waals surface area contributed by atoms with Gasteiger partial charge in [0, 0.05) is 0 Å². The van der Waals surface area contributed by atoms with E-state index in [0.29, 0.717) is 36.5 Å². The Kier molecular flexibility index (Phi) is 3.90. The topological polar surface area (TPSA) is 65.1 Å². The lowest BCUT2D eigenvalue weighted by molar-refractivity contribution is -0.291. The summed E-state index contributed by atoms with van der Waals surface area (Å²) in [6.07, 6.45) is 1.42. The SMILES string of the molecule is CCOc1cccc2c1C(=O)N(C1CCCOOC1)C2=O. The maximum Gasteiger partial charge on any atom is 0.265 e. The normalized spacial score (nSPS) is 22.1. The first-order valence-corrected chi connectivity index (χ1v) is 7.12. The summed E-state index contributed by atoms with van der Waals surface area (Å²) in [6.45, 7) is 2.96. The molecular weight excluding hydrogens is 274 g/mol. The van der Waals surface area contributed by atoms with Gasteiger partial charge in [0.15, 0.2) is 0 Å². The molecule has 0 radical (unpaired) electrons. The van der Waals surface area contributed by atoms with Crippen LogP contribution in [0.15, 0.2) is 18.2 Å². The zero-order chi connectivity index (χ0) is 14.8. The van der Waals surface area contributed by atoms with Crippen molar-refractivity contribution in [3.63, 3.8) is 0 Å². The number of carbonyl (C=O) groups is 2. The second-order valence-electron chi connectivity index (χ2n) is 4.99. The number of fused-ring (bicyclic) bond motifs is 1. The molecule has 1 atom stereocenters. The van der Waals surface area contributed by atoms with E-state index in [9.17, 15) is 9.59 Å². The predicted octanol–water partition coefficient (Wildman–Crippen LogP) is 1.79. The molecule has 1 unspecified atom stereocenters. The molecule has 0 bridgehead atoms. The minimum absolute atomic E-state index is 0.204. The van der Waals surface area contributed by atoms with Crippen molar-refractivity contribution in [2.75, 3.05) is 19.8 Å². The monoisotopic (exact) mass is 291 g/mol. The molecule has 3 rings (SSSR count). The van der Waals surface area contributed by atoms with Crippen LogP contribution in [0.4, 0.5) is 0 Å². The van der Waals surface area contributed by atoms with Gasteiger partial charge in [0.2, 0.25) is 0 Å². The fourth-order valence-electron chi connectivity index (χ4n) is 2.73. The lowest BCUT2D eigenvalue weighted by Gasteiger charge is -2.23. The number of hydrogen-bond donors (Lipinski definition) is 0. The van der Waals surface area contributed by atoms with Crippen LogP contribution in [-0.4, -0.2) is 42.6 Å². The van der Waals surface area contributed by atoms with Gasteiger partial charge in [-0.25, -0.2) is 9.78 Å². The minimum Gasteiger partial charge on any atom is -0.493 e. The molecular formula is C15H17NO5. The van der Waals surface area contributed by atoms with E-state index in [1.807, 2.05) is 6.92 Å². The van der Waals surface area contributed by atoms with Gasteiger partial charge in [0.25, 0.3) is 11.8 Å². The predicted molar refractivity (Wildman–Crippen MR) is 73.0 cm³/mol. The smallest absolute Gasteiger partial charge is 0.265 e. The molecule has 0 N–H and O–H groups in total. The van der Waals surface area contributed by atoms with E-state index in [2.05, 4.69) is 0 Å². The standard InChI is InChI=1S/C15H17NO5/c1-2-19-12-7-3-6-11-13(12)15(18)16(14(11)17)10-5-4-8-20-21-9-10/h3,6-7,10H,2,4-5,8-9H2,1H3. The van der Waals surface area contributed by atoms with Gasteiger partial charge in [-0.05, 0) is 31.9 Å². The van der Waals surface area contributed by atoms with Gasteiger partial charge in [-0.3, -0.25) is 14.5 Å². The largest absolute Gasteiger partial charge is 0.493 e. The molecule has 0 aliphatic carbocycles. The molecule has 1 saturated heterocycles. The molecule has 0 aromatic heterocycles. The number of nitrogens with zero attached hydrogens (tertiary/aromatic N) is 1. The maximum atomic E-state index is 12.6. The molecule has 6 heteroatoms. The van der Waals surface area contributed by atoms with E-state index in [1.54, 1.807) is 18.2 Å². The van der Waals surface area contributed by atoms with Crippen molar-refractivity contribution in [2.24, 2.45) is 0 Å². The Morgan fingerprint density at radius 2 is 2.14 bits per heavy atom. The van der Waals surface area contributed by atoms with E-state index in [4.69, 9.17) is 14.5 Å². The van der Waals surface area contributed by atoms with Crippen molar-refractivity contribution >= 4 is 11.8 Å². The quantitative estimate of drug-likeness (QED) is 0.627. The van der Waals surface area contributed by atoms with Gasteiger partial charge in [0.1, 0.15) is 12.4 Å². The summed E-state index contributed by atoms with van der Waals surface area (Å²) >= 11 is 0. The van der Waals surface area contributed by atoms with E-state index in [-0.39, 0.29) is 24.5 Å². The fourth-order valence-corrected chi connectivity index (χ4v) is 2.73. The van der Waals surface area contributed by atoms with E-state index in [1.165, 1.54) is 4.90 Å². The number of imide groups is 1. The van der Waals surface area contributed by atoms with Crippen LogP contribution >= 0.6 is 0 Å². The number of carbonyl (C=O) groups excluding carboxylic acids is 2. The van der Waals surface area contributed by atoms with E-state index >= 15 is 0 Å². The third-order valence-corrected chi connectivity index (χ3v) is 3.68. The Morgan fingerprint density at radius 1 is 1.29 bits per heavy atom. The summed E-state index contributed by atoms with van der Waals surface area (Å²) in [5, 5.41) is 0. The van der Waals surface area contributed by atoms with Gasteiger partial charge in [-0.1, -0.05) is 6.07 Å². The molecule has 6 nitrogen and oxygen atoms in total. The van der Waals surface area contributed by atoms with Crippen LogP contribution in [-0.2, 0) is 9.78 Å². The van der Waals surface area contributed by atoms with Crippen molar-refractivity contribution < 1.29 is 24.1 Å². The lowest BCUT2D eigenvalue weighted by atomic mass is 10.1. The molecule has 0 spiro atoms. The number of hydrogen-bond acceptors (Lipinski definition) is 5. The number of amides is 2. The van der Waals surface area contributed by atoms with Crippen LogP contribution in [0.2, 0.25) is 0 Å². The highest BCUT2D eigenvalue weighted by atomic mass is 17.2. The Labute approximate surface area is 122 Å². The Bertz CT molecular complexity index is 563. The van der Waals surface area contributed by atoms with Gasteiger partial charge >= 0.3 is 0 Å². The van der Waals surface area contributed by atoms with Gasteiger partial charge in [-0.2, -0.15) is 0 Å². The number of rotatable bonds is 3. The first kappa shape index (κ1) is 14.0. The van der Waals surface area contributed by atoms with Crippen molar-refractivity contribution in [3.05, 3.63) is 29.3 Å². The minimum atomic E-state index is -0.311. The number of benzene rings is 1. The lowest BCUT2D eigenvalue weighted by Crippen LogP contribution is -2.42. The Hall–Kier alpha value is -1.92. The molecule has 2 aliphatic rings. The van der Waals surface area contributed by atoms with Crippen LogP contribution in [0.5, 0.6) is 5.75 Å². The summed E-state index contributed by atoms with van der Waals surface area (Å²) in [5.41, 5.74) is 0.755. The van der Waals surface area contributed by atoms with Gasteiger partial charge in [-0.15, -0.1) is 0 Å². The third kappa shape index (κ3) is 2.41. The van der Waals surface area contributed by atoms with Crippen LogP contribution in [0.1, 0.15) is 40.5 Å². The summed E-state index contributed by atoms with van der Waals surface area (Å²) in [7, 11) is 0. The average Bonchev–Trinajstić information content (AvgIpc) is 2.67. The Balaban J connectivity index is 1.94. The maximum absolute atomic E-state index is 12.6. The molecule has 21 heavy (non-hydrogen) atoms. The molecule has 112 valence electrons. The molecule has 2 aliphatic heterocycles. The van der Waals surface area contributed by atoms with Crippen molar-refractivity contribution in [3.8, 4) is 5.75 Å². The Morgan fingerprint density at radius 3 is 2.95 bits per heavy atom. The van der Waals surface area contributed by atoms with Crippen molar-refractivity contribution in [2.45, 2.75) is 25.8 Å². The molecule has 1 aromatic carbocycles. The third-order valence-electron chi connectivity index (χ3n) is 3.68.